The molecule has 106 valence electrons. The van der Waals surface area contributed by atoms with Crippen LogP contribution in [0.5, 0.6) is 11.5 Å². The predicted octanol–water partition coefficient (Wildman–Crippen LogP) is 2.77. The fourth-order valence-electron chi connectivity index (χ4n) is 1.45. The van der Waals surface area contributed by atoms with E-state index in [9.17, 15) is 4.79 Å². The largest absolute Gasteiger partial charge is 0.494 e. The number of carbonyl (C=O) groups is 1. The van der Waals surface area contributed by atoms with Crippen LogP contribution in [0.15, 0.2) is 24.3 Å². The van der Waals surface area contributed by atoms with Gasteiger partial charge in [-0.1, -0.05) is 20.3 Å². The van der Waals surface area contributed by atoms with Crippen molar-refractivity contribution in [2.24, 2.45) is 0 Å². The molecule has 0 bridgehead atoms. The van der Waals surface area contributed by atoms with Gasteiger partial charge in [0.1, 0.15) is 18.1 Å². The topological polar surface area (TPSA) is 47.6 Å². The van der Waals surface area contributed by atoms with Gasteiger partial charge in [0.05, 0.1) is 13.2 Å². The highest BCUT2D eigenvalue weighted by molar-refractivity contribution is 5.75. The van der Waals surface area contributed by atoms with Crippen LogP contribution in [0.4, 0.5) is 0 Å². The number of nitrogens with one attached hydrogen (secondary N) is 1. The Morgan fingerprint density at radius 3 is 2.16 bits per heavy atom. The molecule has 1 rings (SSSR count). The Morgan fingerprint density at radius 1 is 1.05 bits per heavy atom. The lowest BCUT2D eigenvalue weighted by atomic mass is 10.3. The number of amides is 1. The number of benzene rings is 1. The summed E-state index contributed by atoms with van der Waals surface area (Å²) in [5, 5.41) is 2.76. The van der Waals surface area contributed by atoms with Crippen LogP contribution < -0.4 is 14.8 Å². The number of unbranched alkanes of at least 4 members (excludes halogenated alkanes) is 1. The first-order chi connectivity index (χ1) is 9.26. The zero-order valence-corrected chi connectivity index (χ0v) is 11.8. The molecule has 0 aliphatic rings. The molecule has 0 saturated heterocycles. The third-order valence-electron chi connectivity index (χ3n) is 2.60. The lowest BCUT2D eigenvalue weighted by Gasteiger charge is -2.09. The van der Waals surface area contributed by atoms with Gasteiger partial charge in [-0.15, -0.1) is 0 Å². The molecule has 0 radical (unpaired) electrons. The molecule has 0 fully saturated rings. The third kappa shape index (κ3) is 6.70. The van der Waals surface area contributed by atoms with Crippen molar-refractivity contribution in [2.75, 3.05) is 19.8 Å². The first-order valence-electron chi connectivity index (χ1n) is 6.88. The SMILES string of the molecule is CCCCOc1ccc(OCCNC(=O)CC)cc1. The Balaban J connectivity index is 2.22. The Morgan fingerprint density at radius 2 is 1.63 bits per heavy atom. The Hall–Kier alpha value is -1.71. The van der Waals surface area contributed by atoms with Gasteiger partial charge >= 0.3 is 0 Å². The highest BCUT2D eigenvalue weighted by atomic mass is 16.5. The second-order valence-electron chi connectivity index (χ2n) is 4.23. The van der Waals surface area contributed by atoms with Crippen molar-refractivity contribution in [1.82, 2.24) is 5.32 Å². The molecule has 19 heavy (non-hydrogen) atoms. The third-order valence-corrected chi connectivity index (χ3v) is 2.60. The van der Waals surface area contributed by atoms with Gasteiger partial charge in [0.15, 0.2) is 0 Å². The summed E-state index contributed by atoms with van der Waals surface area (Å²) in [5.74, 6) is 1.69. The molecule has 4 nitrogen and oxygen atoms in total. The smallest absolute Gasteiger partial charge is 0.219 e. The van der Waals surface area contributed by atoms with Gasteiger partial charge in [0.25, 0.3) is 0 Å². The molecule has 1 N–H and O–H groups in total. The van der Waals surface area contributed by atoms with E-state index in [1.807, 2.05) is 31.2 Å². The molecule has 0 saturated carbocycles. The van der Waals surface area contributed by atoms with E-state index in [0.717, 1.165) is 30.9 Å². The van der Waals surface area contributed by atoms with Crippen molar-refractivity contribution in [2.45, 2.75) is 33.1 Å². The van der Waals surface area contributed by atoms with Crippen LogP contribution in [-0.4, -0.2) is 25.7 Å². The van der Waals surface area contributed by atoms with Gasteiger partial charge in [-0.2, -0.15) is 0 Å². The average Bonchev–Trinajstić information content (AvgIpc) is 2.45. The molecular formula is C15H23NO3. The normalized spacial score (nSPS) is 10.0. The van der Waals surface area contributed by atoms with Gasteiger partial charge in [0, 0.05) is 6.42 Å². The van der Waals surface area contributed by atoms with Crippen molar-refractivity contribution >= 4 is 5.91 Å². The zero-order chi connectivity index (χ0) is 13.9. The van der Waals surface area contributed by atoms with E-state index < -0.39 is 0 Å². The van der Waals surface area contributed by atoms with E-state index in [2.05, 4.69) is 12.2 Å². The molecule has 0 spiro atoms. The number of rotatable bonds is 9. The van der Waals surface area contributed by atoms with Crippen molar-refractivity contribution in [3.05, 3.63) is 24.3 Å². The molecule has 0 aliphatic carbocycles. The molecule has 1 amide bonds. The van der Waals surface area contributed by atoms with Gasteiger partial charge in [-0.05, 0) is 30.7 Å². The van der Waals surface area contributed by atoms with E-state index >= 15 is 0 Å². The lowest BCUT2D eigenvalue weighted by Crippen LogP contribution is -2.27. The molecular weight excluding hydrogens is 242 g/mol. The predicted molar refractivity (Wildman–Crippen MR) is 75.6 cm³/mol. The Kier molecular flexibility index (Phi) is 7.47. The number of hydrogen-bond acceptors (Lipinski definition) is 3. The molecule has 0 heterocycles. The highest BCUT2D eigenvalue weighted by Gasteiger charge is 1.98. The molecule has 1 aromatic carbocycles. The summed E-state index contributed by atoms with van der Waals surface area (Å²) in [6.45, 7) is 5.72. The van der Waals surface area contributed by atoms with Crippen LogP contribution in [0, 0.1) is 0 Å². The van der Waals surface area contributed by atoms with E-state index in [4.69, 9.17) is 9.47 Å². The molecule has 4 heteroatoms. The lowest BCUT2D eigenvalue weighted by molar-refractivity contribution is -0.120. The van der Waals surface area contributed by atoms with Gasteiger partial charge in [-0.3, -0.25) is 4.79 Å². The summed E-state index contributed by atoms with van der Waals surface area (Å²) in [7, 11) is 0. The summed E-state index contributed by atoms with van der Waals surface area (Å²) in [6, 6.07) is 7.55. The van der Waals surface area contributed by atoms with E-state index in [-0.39, 0.29) is 5.91 Å². The van der Waals surface area contributed by atoms with Crippen LogP contribution in [0.25, 0.3) is 0 Å². The van der Waals surface area contributed by atoms with Crippen LogP contribution >= 0.6 is 0 Å². The van der Waals surface area contributed by atoms with Crippen molar-refractivity contribution in [3.63, 3.8) is 0 Å². The standard InChI is InChI=1S/C15H23NO3/c1-3-5-11-18-13-6-8-14(9-7-13)19-12-10-16-15(17)4-2/h6-9H,3-5,10-12H2,1-2H3,(H,16,17). The number of hydrogen-bond donors (Lipinski definition) is 1. The number of ether oxygens (including phenoxy) is 2. The quantitative estimate of drug-likeness (QED) is 0.698. The fraction of sp³-hybridized carbons (Fsp3) is 0.533. The van der Waals surface area contributed by atoms with Gasteiger partial charge in [0.2, 0.25) is 5.91 Å². The molecule has 0 unspecified atom stereocenters. The van der Waals surface area contributed by atoms with Crippen LogP contribution in [0.1, 0.15) is 33.1 Å². The first kappa shape index (κ1) is 15.3. The fourth-order valence-corrected chi connectivity index (χ4v) is 1.45. The number of carbonyl (C=O) groups excluding carboxylic acids is 1. The van der Waals surface area contributed by atoms with Crippen LogP contribution in [0.3, 0.4) is 0 Å². The Bertz CT molecular complexity index is 362. The van der Waals surface area contributed by atoms with Crippen molar-refractivity contribution < 1.29 is 14.3 Å². The Labute approximate surface area is 115 Å². The summed E-state index contributed by atoms with van der Waals surface area (Å²) < 4.78 is 11.1. The maximum atomic E-state index is 11.0. The molecule has 0 atom stereocenters. The second-order valence-corrected chi connectivity index (χ2v) is 4.23. The second kappa shape index (κ2) is 9.25. The average molecular weight is 265 g/mol. The van der Waals surface area contributed by atoms with Gasteiger partial charge < -0.3 is 14.8 Å². The maximum Gasteiger partial charge on any atom is 0.219 e. The summed E-state index contributed by atoms with van der Waals surface area (Å²) in [6.07, 6.45) is 2.70. The van der Waals surface area contributed by atoms with Gasteiger partial charge in [-0.25, -0.2) is 0 Å². The summed E-state index contributed by atoms with van der Waals surface area (Å²) in [5.41, 5.74) is 0. The summed E-state index contributed by atoms with van der Waals surface area (Å²) in [4.78, 5) is 11.0. The van der Waals surface area contributed by atoms with Crippen molar-refractivity contribution in [3.8, 4) is 11.5 Å². The van der Waals surface area contributed by atoms with E-state index in [1.165, 1.54) is 0 Å². The monoisotopic (exact) mass is 265 g/mol. The summed E-state index contributed by atoms with van der Waals surface area (Å²) >= 11 is 0. The molecule has 1 aromatic rings. The molecule has 0 aromatic heterocycles. The molecule has 0 aliphatic heterocycles. The first-order valence-corrected chi connectivity index (χ1v) is 6.88. The van der Waals surface area contributed by atoms with Crippen LogP contribution in [0.2, 0.25) is 0 Å². The van der Waals surface area contributed by atoms with E-state index in [0.29, 0.717) is 19.6 Å². The van der Waals surface area contributed by atoms with Crippen molar-refractivity contribution in [1.29, 1.82) is 0 Å². The maximum absolute atomic E-state index is 11.0. The minimum Gasteiger partial charge on any atom is -0.494 e. The highest BCUT2D eigenvalue weighted by Crippen LogP contribution is 2.17. The van der Waals surface area contributed by atoms with Crippen LogP contribution in [-0.2, 0) is 4.79 Å². The minimum atomic E-state index is 0.0447. The minimum absolute atomic E-state index is 0.0447. The zero-order valence-electron chi connectivity index (χ0n) is 11.8. The van der Waals surface area contributed by atoms with E-state index in [1.54, 1.807) is 0 Å².